The van der Waals surface area contributed by atoms with E-state index in [0.717, 1.165) is 57.7 Å². The Morgan fingerprint density at radius 2 is 1.85 bits per heavy atom. The van der Waals surface area contributed by atoms with Crippen molar-refractivity contribution < 1.29 is 17.6 Å². The van der Waals surface area contributed by atoms with E-state index in [1.807, 2.05) is 0 Å². The lowest BCUT2D eigenvalue weighted by molar-refractivity contribution is -0.113. The zero-order valence-corrected chi connectivity index (χ0v) is 24.4. The van der Waals surface area contributed by atoms with E-state index in [-0.39, 0.29) is 39.6 Å². The van der Waals surface area contributed by atoms with Crippen LogP contribution in [0.1, 0.15) is 86.0 Å². The van der Waals surface area contributed by atoms with E-state index >= 15 is 0 Å². The second-order valence-electron chi connectivity index (χ2n) is 13.9. The van der Waals surface area contributed by atoms with Gasteiger partial charge in [-0.3, -0.25) is 0 Å². The van der Waals surface area contributed by atoms with E-state index in [9.17, 15) is 13.2 Å². The molecule has 0 spiro atoms. The number of fused-ring (bicyclic) bond motifs is 2. The molecule has 194 valence electrons. The number of rotatable bonds is 5. The molecule has 1 heterocycles. The van der Waals surface area contributed by atoms with Crippen molar-refractivity contribution in [1.29, 1.82) is 0 Å². The van der Waals surface area contributed by atoms with Crippen LogP contribution in [0.5, 0.6) is 0 Å². The van der Waals surface area contributed by atoms with Crippen molar-refractivity contribution in [2.75, 3.05) is 5.75 Å². The molecule has 4 fully saturated rings. The van der Waals surface area contributed by atoms with Crippen LogP contribution in [0.4, 0.5) is 0 Å². The molecular formula is C28H48O4SSi. The fourth-order valence-electron chi connectivity index (χ4n) is 7.89. The minimum atomic E-state index is -3.12. The smallest absolute Gasteiger partial charge is 0.192 e. The first-order valence-electron chi connectivity index (χ1n) is 13.7. The van der Waals surface area contributed by atoms with Gasteiger partial charge in [-0.25, -0.2) is 8.42 Å². The SMILES string of the molecule is C[C@H](C=O)[C@H]1CC[C@@H]2/C(=C/[C@@H]3[C@H]4C[C@@H](O[Si](C)(C)C(C)(C)C)CC[C@@H]4CS3(=O)=O)CCC[C@@]21C. The molecule has 4 nitrogen and oxygen atoms in total. The maximum atomic E-state index is 13.4. The van der Waals surface area contributed by atoms with Crippen molar-refractivity contribution >= 4 is 24.4 Å². The van der Waals surface area contributed by atoms with Crippen molar-refractivity contribution in [2.24, 2.45) is 35.0 Å². The average Bonchev–Trinajstić information content (AvgIpc) is 3.20. The number of hydrogen-bond acceptors (Lipinski definition) is 4. The molecular weight excluding hydrogens is 460 g/mol. The van der Waals surface area contributed by atoms with Gasteiger partial charge in [0.15, 0.2) is 18.2 Å². The van der Waals surface area contributed by atoms with Crippen LogP contribution in [-0.4, -0.2) is 40.1 Å². The lowest BCUT2D eigenvalue weighted by Crippen LogP contribution is -2.46. The molecule has 4 aliphatic rings. The number of carbonyl (C=O) groups excluding carboxylic acids is 1. The van der Waals surface area contributed by atoms with Crippen LogP contribution in [0.3, 0.4) is 0 Å². The third-order valence-electron chi connectivity index (χ3n) is 10.8. The molecule has 3 aliphatic carbocycles. The number of hydrogen-bond donors (Lipinski definition) is 0. The molecule has 1 aliphatic heterocycles. The third-order valence-corrected chi connectivity index (χ3v) is 17.6. The zero-order valence-electron chi connectivity index (χ0n) is 22.6. The number of sulfone groups is 1. The van der Waals surface area contributed by atoms with E-state index in [1.165, 1.54) is 5.57 Å². The monoisotopic (exact) mass is 508 g/mol. The van der Waals surface area contributed by atoms with Gasteiger partial charge < -0.3 is 9.22 Å². The molecule has 0 N–H and O–H groups in total. The van der Waals surface area contributed by atoms with Gasteiger partial charge >= 0.3 is 0 Å². The van der Waals surface area contributed by atoms with Gasteiger partial charge in [0, 0.05) is 12.0 Å². The van der Waals surface area contributed by atoms with E-state index in [0.29, 0.717) is 17.6 Å². The Morgan fingerprint density at radius 1 is 1.15 bits per heavy atom. The maximum Gasteiger partial charge on any atom is 0.192 e. The Labute approximate surface area is 209 Å². The summed E-state index contributed by atoms with van der Waals surface area (Å²) in [7, 11) is -5.00. The molecule has 4 rings (SSSR count). The van der Waals surface area contributed by atoms with Crippen LogP contribution in [0.2, 0.25) is 18.1 Å². The summed E-state index contributed by atoms with van der Waals surface area (Å²) in [6, 6.07) is 0. The molecule has 0 aromatic rings. The summed E-state index contributed by atoms with van der Waals surface area (Å²) in [5, 5.41) is -0.180. The Morgan fingerprint density at radius 3 is 2.50 bits per heavy atom. The first kappa shape index (κ1) is 26.6. The Balaban J connectivity index is 1.58. The van der Waals surface area contributed by atoms with Crippen molar-refractivity contribution in [3.8, 4) is 0 Å². The fourth-order valence-corrected chi connectivity index (χ4v) is 11.8. The van der Waals surface area contributed by atoms with E-state index < -0.39 is 18.2 Å². The first-order chi connectivity index (χ1) is 15.7. The quantitative estimate of drug-likeness (QED) is 0.239. The van der Waals surface area contributed by atoms with Crippen molar-refractivity contribution in [3.63, 3.8) is 0 Å². The zero-order chi connectivity index (χ0) is 25.1. The molecule has 1 saturated heterocycles. The van der Waals surface area contributed by atoms with Crippen LogP contribution in [-0.2, 0) is 19.1 Å². The van der Waals surface area contributed by atoms with Gasteiger partial charge in [-0.05, 0) is 98.6 Å². The summed E-state index contributed by atoms with van der Waals surface area (Å²) in [4.78, 5) is 11.6. The standard InChI is InChI=1S/C28H48O4SSi/c1-19(17-29)24-12-13-25-20(9-8-14-28(24,25)5)15-26-23-16-22(32-34(6,7)27(2,3)4)11-10-21(23)18-33(26,30)31/h15,17,19,21-26H,8-14,16,18H2,1-7H3/b20-15+/t19-,21-,22+,23+,24-,25-,26-,28-/m1/s1. The second kappa shape index (κ2) is 9.13. The van der Waals surface area contributed by atoms with Crippen LogP contribution < -0.4 is 0 Å². The molecule has 0 bridgehead atoms. The van der Waals surface area contributed by atoms with E-state index in [1.54, 1.807) is 0 Å². The number of allylic oxidation sites excluding steroid dienone is 1. The van der Waals surface area contributed by atoms with Gasteiger partial charge in [0.1, 0.15) is 6.29 Å². The normalized spacial score (nSPS) is 42.3. The molecule has 6 heteroatoms. The third kappa shape index (κ3) is 4.65. The highest BCUT2D eigenvalue weighted by Gasteiger charge is 2.53. The number of aldehydes is 1. The average molecular weight is 509 g/mol. The van der Waals surface area contributed by atoms with Gasteiger partial charge in [-0.2, -0.15) is 0 Å². The van der Waals surface area contributed by atoms with Crippen LogP contribution in [0.25, 0.3) is 0 Å². The van der Waals surface area contributed by atoms with Gasteiger partial charge in [0.25, 0.3) is 0 Å². The summed E-state index contributed by atoms with van der Waals surface area (Å²) in [6.07, 6.45) is 11.9. The highest BCUT2D eigenvalue weighted by atomic mass is 32.2. The van der Waals surface area contributed by atoms with Crippen molar-refractivity contribution in [1.82, 2.24) is 0 Å². The predicted octanol–water partition coefficient (Wildman–Crippen LogP) is 6.57. The Hall–Kier alpha value is -0.463. The van der Waals surface area contributed by atoms with Crippen LogP contribution in [0.15, 0.2) is 11.6 Å². The second-order valence-corrected chi connectivity index (χ2v) is 20.8. The minimum absolute atomic E-state index is 0.0838. The molecule has 0 aromatic carbocycles. The fraction of sp³-hybridized carbons (Fsp3) is 0.893. The van der Waals surface area contributed by atoms with E-state index in [2.05, 4.69) is 53.8 Å². The topological polar surface area (TPSA) is 60.4 Å². The first-order valence-corrected chi connectivity index (χ1v) is 18.4. The van der Waals surface area contributed by atoms with Gasteiger partial charge in [-0.15, -0.1) is 0 Å². The maximum absolute atomic E-state index is 13.4. The lowest BCUT2D eigenvalue weighted by Gasteiger charge is -2.44. The summed E-state index contributed by atoms with van der Waals surface area (Å²) in [5.74, 6) is 1.77. The Bertz CT molecular complexity index is 917. The molecule has 34 heavy (non-hydrogen) atoms. The van der Waals surface area contributed by atoms with Crippen LogP contribution >= 0.6 is 0 Å². The summed E-state index contributed by atoms with van der Waals surface area (Å²) >= 11 is 0. The summed E-state index contributed by atoms with van der Waals surface area (Å²) < 4.78 is 33.6. The van der Waals surface area contributed by atoms with Crippen molar-refractivity contribution in [2.45, 2.75) is 115 Å². The molecule has 0 amide bonds. The molecule has 3 saturated carbocycles. The van der Waals surface area contributed by atoms with E-state index in [4.69, 9.17) is 4.43 Å². The highest BCUT2D eigenvalue weighted by molar-refractivity contribution is 7.92. The minimum Gasteiger partial charge on any atom is -0.414 e. The largest absolute Gasteiger partial charge is 0.414 e. The molecule has 8 atom stereocenters. The summed E-state index contributed by atoms with van der Waals surface area (Å²) in [5.41, 5.74) is 1.52. The summed E-state index contributed by atoms with van der Waals surface area (Å²) in [6.45, 7) is 15.9. The molecule has 0 unspecified atom stereocenters. The molecule has 0 radical (unpaired) electrons. The Kier molecular flexibility index (Phi) is 7.14. The van der Waals surface area contributed by atoms with Gasteiger partial charge in [-0.1, -0.05) is 46.3 Å². The van der Waals surface area contributed by atoms with Gasteiger partial charge in [0.2, 0.25) is 0 Å². The number of carbonyl (C=O) groups is 1. The lowest BCUT2D eigenvalue weighted by atomic mass is 9.61. The van der Waals surface area contributed by atoms with Crippen LogP contribution in [0, 0.1) is 35.0 Å². The predicted molar refractivity (Wildman–Crippen MR) is 142 cm³/mol. The molecule has 0 aromatic heterocycles. The van der Waals surface area contributed by atoms with Crippen molar-refractivity contribution in [3.05, 3.63) is 11.6 Å². The van der Waals surface area contributed by atoms with Gasteiger partial charge in [0.05, 0.1) is 11.0 Å². The highest BCUT2D eigenvalue weighted by Crippen LogP contribution is 2.59.